The fourth-order valence-electron chi connectivity index (χ4n) is 0.898. The van der Waals surface area contributed by atoms with Crippen molar-refractivity contribution >= 4 is 23.4 Å². The van der Waals surface area contributed by atoms with Crippen LogP contribution in [0.25, 0.3) is 0 Å². The van der Waals surface area contributed by atoms with Crippen LogP contribution in [-0.2, 0) is 23.9 Å². The number of carbonyl (C=O) groups is 4. The molecule has 0 atom stereocenters. The van der Waals surface area contributed by atoms with Gasteiger partial charge in [0.1, 0.15) is 24.6 Å². The van der Waals surface area contributed by atoms with Gasteiger partial charge >= 0.3 is 5.97 Å². The van der Waals surface area contributed by atoms with E-state index in [1.807, 2.05) is 0 Å². The number of ether oxygens (including phenoxy) is 1. The second kappa shape index (κ2) is 7.56. The molecule has 0 aliphatic carbocycles. The quantitative estimate of drug-likeness (QED) is 0.364. The highest BCUT2D eigenvalue weighted by atomic mass is 16.5. The zero-order valence-corrected chi connectivity index (χ0v) is 9.37. The van der Waals surface area contributed by atoms with Crippen LogP contribution in [0.2, 0.25) is 0 Å². The minimum atomic E-state index is -0.617. The third kappa shape index (κ3) is 8.86. The standard InChI is InChI=1S/C10H15NO5/c1-7(12)5-9(14)11-3-4-16-10(15)6-8(2)13/h3-6H2,1-2H3,(H,11,14). The van der Waals surface area contributed by atoms with Gasteiger partial charge in [0.2, 0.25) is 5.91 Å². The summed E-state index contributed by atoms with van der Waals surface area (Å²) in [5.74, 6) is -1.53. The van der Waals surface area contributed by atoms with Crippen LogP contribution < -0.4 is 5.32 Å². The van der Waals surface area contributed by atoms with Crippen LogP contribution in [-0.4, -0.2) is 36.6 Å². The average molecular weight is 229 g/mol. The molecular weight excluding hydrogens is 214 g/mol. The van der Waals surface area contributed by atoms with Crippen molar-refractivity contribution in [2.24, 2.45) is 0 Å². The van der Waals surface area contributed by atoms with E-state index in [2.05, 4.69) is 10.1 Å². The van der Waals surface area contributed by atoms with E-state index in [-0.39, 0.29) is 37.6 Å². The lowest BCUT2D eigenvalue weighted by Gasteiger charge is -2.04. The summed E-state index contributed by atoms with van der Waals surface area (Å²) < 4.78 is 4.65. The summed E-state index contributed by atoms with van der Waals surface area (Å²) in [7, 11) is 0. The molecule has 90 valence electrons. The summed E-state index contributed by atoms with van der Waals surface area (Å²) >= 11 is 0. The lowest BCUT2D eigenvalue weighted by molar-refractivity contribution is -0.146. The molecule has 0 bridgehead atoms. The highest BCUT2D eigenvalue weighted by Crippen LogP contribution is 1.87. The van der Waals surface area contributed by atoms with Crippen LogP contribution in [0.1, 0.15) is 26.7 Å². The first kappa shape index (κ1) is 14.3. The van der Waals surface area contributed by atoms with Gasteiger partial charge in [-0.25, -0.2) is 0 Å². The van der Waals surface area contributed by atoms with Gasteiger partial charge in [0.05, 0.1) is 13.0 Å². The second-order valence-corrected chi connectivity index (χ2v) is 3.33. The Bertz CT molecular complexity index is 268. The number of Topliss-reactive ketones (excluding diaryl/α,β-unsaturated/α-hetero) is 2. The molecule has 1 N–H and O–H groups in total. The smallest absolute Gasteiger partial charge is 0.313 e. The molecule has 0 saturated carbocycles. The molecule has 0 heterocycles. The molecule has 1 amide bonds. The first-order valence-corrected chi connectivity index (χ1v) is 4.83. The summed E-state index contributed by atoms with van der Waals surface area (Å²) in [4.78, 5) is 42.9. The van der Waals surface area contributed by atoms with Crippen LogP contribution in [0.3, 0.4) is 0 Å². The van der Waals surface area contributed by atoms with E-state index in [0.29, 0.717) is 0 Å². The summed E-state index contributed by atoms with van der Waals surface area (Å²) in [6, 6.07) is 0. The monoisotopic (exact) mass is 229 g/mol. The Morgan fingerprint density at radius 3 is 2.06 bits per heavy atom. The number of amides is 1. The predicted molar refractivity (Wildman–Crippen MR) is 54.6 cm³/mol. The van der Waals surface area contributed by atoms with E-state index in [4.69, 9.17) is 0 Å². The first-order valence-electron chi connectivity index (χ1n) is 4.83. The van der Waals surface area contributed by atoms with E-state index >= 15 is 0 Å². The van der Waals surface area contributed by atoms with Crippen molar-refractivity contribution in [1.82, 2.24) is 5.32 Å². The van der Waals surface area contributed by atoms with E-state index in [0.717, 1.165) is 0 Å². The Labute approximate surface area is 93.3 Å². The van der Waals surface area contributed by atoms with Gasteiger partial charge in [-0.2, -0.15) is 0 Å². The number of esters is 1. The van der Waals surface area contributed by atoms with Gasteiger partial charge in [-0.1, -0.05) is 0 Å². The molecule has 0 aliphatic heterocycles. The Kier molecular flexibility index (Phi) is 6.74. The van der Waals surface area contributed by atoms with Crippen LogP contribution in [0.15, 0.2) is 0 Å². The SMILES string of the molecule is CC(=O)CC(=O)NCCOC(=O)CC(C)=O. The summed E-state index contributed by atoms with van der Waals surface area (Å²) in [6.45, 7) is 2.73. The molecule has 0 fully saturated rings. The third-order valence-electron chi connectivity index (χ3n) is 1.49. The Morgan fingerprint density at radius 1 is 1.00 bits per heavy atom. The number of hydrogen-bond donors (Lipinski definition) is 1. The summed E-state index contributed by atoms with van der Waals surface area (Å²) in [5, 5.41) is 2.40. The number of carbonyl (C=O) groups excluding carboxylic acids is 4. The number of nitrogens with one attached hydrogen (secondary N) is 1. The molecule has 6 nitrogen and oxygen atoms in total. The van der Waals surface area contributed by atoms with Crippen molar-refractivity contribution in [2.75, 3.05) is 13.2 Å². The van der Waals surface area contributed by atoms with Crippen LogP contribution in [0, 0.1) is 0 Å². The van der Waals surface area contributed by atoms with Gasteiger partial charge < -0.3 is 10.1 Å². The molecule has 6 heteroatoms. The van der Waals surface area contributed by atoms with Crippen LogP contribution in [0.5, 0.6) is 0 Å². The van der Waals surface area contributed by atoms with Gasteiger partial charge in [0.25, 0.3) is 0 Å². The molecule has 16 heavy (non-hydrogen) atoms. The zero-order valence-electron chi connectivity index (χ0n) is 9.37. The van der Waals surface area contributed by atoms with Crippen molar-refractivity contribution < 1.29 is 23.9 Å². The highest BCUT2D eigenvalue weighted by molar-refractivity contribution is 5.96. The first-order chi connectivity index (χ1) is 7.41. The minimum absolute atomic E-state index is 0.00421. The largest absolute Gasteiger partial charge is 0.463 e. The van der Waals surface area contributed by atoms with Crippen molar-refractivity contribution in [3.05, 3.63) is 0 Å². The number of hydrogen-bond acceptors (Lipinski definition) is 5. The highest BCUT2D eigenvalue weighted by Gasteiger charge is 2.07. The van der Waals surface area contributed by atoms with Gasteiger partial charge in [-0.05, 0) is 13.8 Å². The van der Waals surface area contributed by atoms with Crippen LogP contribution in [0.4, 0.5) is 0 Å². The topological polar surface area (TPSA) is 89.5 Å². The lowest BCUT2D eigenvalue weighted by atomic mass is 10.3. The van der Waals surface area contributed by atoms with E-state index in [1.54, 1.807) is 0 Å². The zero-order chi connectivity index (χ0) is 12.6. The van der Waals surface area contributed by atoms with Gasteiger partial charge in [-0.15, -0.1) is 0 Å². The van der Waals surface area contributed by atoms with Gasteiger partial charge in [0.15, 0.2) is 0 Å². The van der Waals surface area contributed by atoms with Crippen molar-refractivity contribution in [3.8, 4) is 0 Å². The Balaban J connectivity index is 3.53. The third-order valence-corrected chi connectivity index (χ3v) is 1.49. The molecule has 0 aromatic heterocycles. The Morgan fingerprint density at radius 2 is 1.56 bits per heavy atom. The number of ketones is 2. The fraction of sp³-hybridized carbons (Fsp3) is 0.600. The second-order valence-electron chi connectivity index (χ2n) is 3.33. The van der Waals surface area contributed by atoms with Crippen LogP contribution >= 0.6 is 0 Å². The minimum Gasteiger partial charge on any atom is -0.463 e. The molecule has 0 spiro atoms. The normalized spacial score (nSPS) is 9.38. The molecule has 0 rings (SSSR count). The molecule has 0 radical (unpaired) electrons. The molecule has 0 aliphatic rings. The van der Waals surface area contributed by atoms with E-state index < -0.39 is 11.9 Å². The Hall–Kier alpha value is -1.72. The van der Waals surface area contributed by atoms with Gasteiger partial charge in [-0.3, -0.25) is 19.2 Å². The molecular formula is C10H15NO5. The van der Waals surface area contributed by atoms with Crippen molar-refractivity contribution in [1.29, 1.82) is 0 Å². The average Bonchev–Trinajstić information content (AvgIpc) is 2.10. The van der Waals surface area contributed by atoms with E-state index in [9.17, 15) is 19.2 Å². The molecule has 0 saturated heterocycles. The predicted octanol–water partition coefficient (Wildman–Crippen LogP) is -0.396. The molecule has 0 aromatic carbocycles. The summed E-state index contributed by atoms with van der Waals surface area (Å²) in [6.07, 6.45) is -0.442. The fourth-order valence-corrected chi connectivity index (χ4v) is 0.898. The maximum atomic E-state index is 10.9. The van der Waals surface area contributed by atoms with Gasteiger partial charge in [0, 0.05) is 0 Å². The van der Waals surface area contributed by atoms with E-state index in [1.165, 1.54) is 13.8 Å². The number of rotatable bonds is 7. The van der Waals surface area contributed by atoms with Crippen molar-refractivity contribution in [2.45, 2.75) is 26.7 Å². The molecule has 0 unspecified atom stereocenters. The maximum Gasteiger partial charge on any atom is 0.313 e. The maximum absolute atomic E-state index is 10.9. The molecule has 0 aromatic rings. The summed E-state index contributed by atoms with van der Waals surface area (Å²) in [5.41, 5.74) is 0. The lowest BCUT2D eigenvalue weighted by Crippen LogP contribution is -2.29. The van der Waals surface area contributed by atoms with Crippen molar-refractivity contribution in [3.63, 3.8) is 0 Å².